The maximum absolute atomic E-state index is 11.3. The number of halogens is 2. The van der Waals surface area contributed by atoms with E-state index in [1.807, 2.05) is 0 Å². The van der Waals surface area contributed by atoms with E-state index in [2.05, 4.69) is 15.3 Å². The second-order valence-corrected chi connectivity index (χ2v) is 3.71. The first-order valence-electron chi connectivity index (χ1n) is 3.99. The highest BCUT2D eigenvalue weighted by Crippen LogP contribution is 2.25. The number of carbonyl (C=O) groups is 1. The predicted molar refractivity (Wildman–Crippen MR) is 55.5 cm³/mol. The van der Waals surface area contributed by atoms with Crippen molar-refractivity contribution in [3.63, 3.8) is 0 Å². The van der Waals surface area contributed by atoms with Crippen molar-refractivity contribution in [3.8, 4) is 0 Å². The molecular weight excluding hydrogens is 225 g/mol. The molecule has 1 aromatic rings. The standard InChI is InChI=1S/C8H9Cl2N3O/c1-4(2)8(14)13-7-5(9)6(10)11-3-12-7/h3-4H,1-2H3,(H,11,12,13,14). The van der Waals surface area contributed by atoms with Crippen molar-refractivity contribution < 1.29 is 4.79 Å². The van der Waals surface area contributed by atoms with Crippen LogP contribution in [-0.4, -0.2) is 15.9 Å². The maximum atomic E-state index is 11.3. The van der Waals surface area contributed by atoms with Crippen molar-refractivity contribution in [2.75, 3.05) is 5.32 Å². The van der Waals surface area contributed by atoms with Crippen LogP contribution in [0.3, 0.4) is 0 Å². The van der Waals surface area contributed by atoms with Crippen LogP contribution in [0.15, 0.2) is 6.33 Å². The van der Waals surface area contributed by atoms with Crippen molar-refractivity contribution in [2.45, 2.75) is 13.8 Å². The van der Waals surface area contributed by atoms with E-state index < -0.39 is 0 Å². The molecule has 0 bridgehead atoms. The Balaban J connectivity index is 2.87. The lowest BCUT2D eigenvalue weighted by Gasteiger charge is -2.07. The largest absolute Gasteiger partial charge is 0.309 e. The molecule has 0 unspecified atom stereocenters. The quantitative estimate of drug-likeness (QED) is 0.799. The summed E-state index contributed by atoms with van der Waals surface area (Å²) < 4.78 is 0. The highest BCUT2D eigenvalue weighted by atomic mass is 35.5. The zero-order valence-electron chi connectivity index (χ0n) is 7.71. The molecule has 1 aromatic heterocycles. The summed E-state index contributed by atoms with van der Waals surface area (Å²) in [4.78, 5) is 18.8. The summed E-state index contributed by atoms with van der Waals surface area (Å²) in [6.45, 7) is 3.54. The average molecular weight is 234 g/mol. The number of hydrogen-bond donors (Lipinski definition) is 1. The van der Waals surface area contributed by atoms with Gasteiger partial charge in [-0.05, 0) is 0 Å². The van der Waals surface area contributed by atoms with Crippen LogP contribution in [0.25, 0.3) is 0 Å². The zero-order valence-corrected chi connectivity index (χ0v) is 9.23. The maximum Gasteiger partial charge on any atom is 0.228 e. The first-order valence-corrected chi connectivity index (χ1v) is 4.75. The summed E-state index contributed by atoms with van der Waals surface area (Å²) in [6.07, 6.45) is 1.24. The van der Waals surface area contributed by atoms with Gasteiger partial charge in [-0.1, -0.05) is 37.0 Å². The van der Waals surface area contributed by atoms with Gasteiger partial charge in [0.05, 0.1) is 0 Å². The second-order valence-electron chi connectivity index (χ2n) is 2.97. The molecular formula is C8H9Cl2N3O. The Bertz CT molecular complexity index is 354. The van der Waals surface area contributed by atoms with E-state index in [-0.39, 0.29) is 27.8 Å². The Morgan fingerprint density at radius 1 is 1.43 bits per heavy atom. The summed E-state index contributed by atoms with van der Waals surface area (Å²) >= 11 is 11.4. The van der Waals surface area contributed by atoms with Crippen LogP contribution < -0.4 is 5.32 Å². The summed E-state index contributed by atoms with van der Waals surface area (Å²) in [6, 6.07) is 0. The topological polar surface area (TPSA) is 54.9 Å². The Morgan fingerprint density at radius 3 is 2.64 bits per heavy atom. The minimum absolute atomic E-state index is 0.126. The predicted octanol–water partition coefficient (Wildman–Crippen LogP) is 2.38. The van der Waals surface area contributed by atoms with Gasteiger partial charge in [-0.25, -0.2) is 9.97 Å². The van der Waals surface area contributed by atoms with Crippen LogP contribution in [-0.2, 0) is 4.79 Å². The van der Waals surface area contributed by atoms with E-state index in [4.69, 9.17) is 23.2 Å². The van der Waals surface area contributed by atoms with E-state index in [1.165, 1.54) is 6.33 Å². The molecule has 0 aliphatic heterocycles. The monoisotopic (exact) mass is 233 g/mol. The lowest BCUT2D eigenvalue weighted by molar-refractivity contribution is -0.118. The fraction of sp³-hybridized carbons (Fsp3) is 0.375. The molecule has 0 fully saturated rings. The van der Waals surface area contributed by atoms with Crippen LogP contribution in [0.5, 0.6) is 0 Å². The Hall–Kier alpha value is -0.870. The lowest BCUT2D eigenvalue weighted by Crippen LogP contribution is -2.18. The first-order chi connectivity index (χ1) is 6.52. The minimum Gasteiger partial charge on any atom is -0.309 e. The third-order valence-electron chi connectivity index (χ3n) is 1.51. The molecule has 0 aromatic carbocycles. The van der Waals surface area contributed by atoms with E-state index in [0.29, 0.717) is 0 Å². The Labute approximate surface area is 91.6 Å². The van der Waals surface area contributed by atoms with E-state index in [1.54, 1.807) is 13.8 Å². The van der Waals surface area contributed by atoms with Gasteiger partial charge in [-0.3, -0.25) is 4.79 Å². The summed E-state index contributed by atoms with van der Waals surface area (Å²) in [5.74, 6) is -0.0631. The third kappa shape index (κ3) is 2.56. The van der Waals surface area contributed by atoms with Gasteiger partial charge in [0.1, 0.15) is 11.3 Å². The molecule has 1 heterocycles. The summed E-state index contributed by atoms with van der Waals surface area (Å²) in [5, 5.41) is 2.83. The van der Waals surface area contributed by atoms with Gasteiger partial charge in [-0.15, -0.1) is 0 Å². The van der Waals surface area contributed by atoms with Crippen LogP contribution in [0, 0.1) is 5.92 Å². The number of nitrogens with zero attached hydrogens (tertiary/aromatic N) is 2. The number of hydrogen-bond acceptors (Lipinski definition) is 3. The van der Waals surface area contributed by atoms with Crippen LogP contribution in [0.2, 0.25) is 10.2 Å². The summed E-state index contributed by atoms with van der Waals surface area (Å²) in [7, 11) is 0. The van der Waals surface area contributed by atoms with Crippen LogP contribution >= 0.6 is 23.2 Å². The van der Waals surface area contributed by atoms with Crippen molar-refractivity contribution in [2.24, 2.45) is 5.92 Å². The normalized spacial score (nSPS) is 10.4. The van der Waals surface area contributed by atoms with E-state index in [9.17, 15) is 4.79 Å². The SMILES string of the molecule is CC(C)C(=O)Nc1ncnc(Cl)c1Cl. The van der Waals surface area contributed by atoms with Crippen LogP contribution in [0.1, 0.15) is 13.8 Å². The number of nitrogens with one attached hydrogen (secondary N) is 1. The van der Waals surface area contributed by atoms with Crippen molar-refractivity contribution in [3.05, 3.63) is 16.5 Å². The number of carbonyl (C=O) groups excluding carboxylic acids is 1. The zero-order chi connectivity index (χ0) is 10.7. The van der Waals surface area contributed by atoms with E-state index >= 15 is 0 Å². The van der Waals surface area contributed by atoms with Crippen molar-refractivity contribution in [1.82, 2.24) is 9.97 Å². The molecule has 0 saturated heterocycles. The van der Waals surface area contributed by atoms with Gasteiger partial charge in [0.25, 0.3) is 0 Å². The minimum atomic E-state index is -0.165. The summed E-state index contributed by atoms with van der Waals surface area (Å²) in [5.41, 5.74) is 0. The number of rotatable bonds is 2. The molecule has 1 N–H and O–H groups in total. The molecule has 0 aliphatic carbocycles. The number of anilines is 1. The van der Waals surface area contributed by atoms with Gasteiger partial charge >= 0.3 is 0 Å². The van der Waals surface area contributed by atoms with Crippen LogP contribution in [0.4, 0.5) is 5.82 Å². The second kappa shape index (κ2) is 4.57. The highest BCUT2D eigenvalue weighted by molar-refractivity contribution is 6.42. The van der Waals surface area contributed by atoms with Gasteiger partial charge in [0.15, 0.2) is 11.0 Å². The molecule has 0 atom stereocenters. The molecule has 1 amide bonds. The molecule has 0 radical (unpaired) electrons. The first kappa shape index (κ1) is 11.2. The highest BCUT2D eigenvalue weighted by Gasteiger charge is 2.12. The Kier molecular flexibility index (Phi) is 3.66. The molecule has 0 saturated carbocycles. The molecule has 6 heteroatoms. The van der Waals surface area contributed by atoms with Crippen molar-refractivity contribution >= 4 is 34.9 Å². The molecule has 0 aliphatic rings. The van der Waals surface area contributed by atoms with Gasteiger partial charge in [0.2, 0.25) is 5.91 Å². The van der Waals surface area contributed by atoms with E-state index in [0.717, 1.165) is 0 Å². The molecule has 4 nitrogen and oxygen atoms in total. The number of aromatic nitrogens is 2. The fourth-order valence-electron chi connectivity index (χ4n) is 0.697. The van der Waals surface area contributed by atoms with Gasteiger partial charge < -0.3 is 5.32 Å². The smallest absolute Gasteiger partial charge is 0.228 e. The van der Waals surface area contributed by atoms with Gasteiger partial charge in [0, 0.05) is 5.92 Å². The lowest BCUT2D eigenvalue weighted by atomic mass is 10.2. The Morgan fingerprint density at radius 2 is 2.07 bits per heavy atom. The van der Waals surface area contributed by atoms with Gasteiger partial charge in [-0.2, -0.15) is 0 Å². The molecule has 76 valence electrons. The molecule has 14 heavy (non-hydrogen) atoms. The van der Waals surface area contributed by atoms with Crippen molar-refractivity contribution in [1.29, 1.82) is 0 Å². The molecule has 0 spiro atoms. The number of amides is 1. The fourth-order valence-corrected chi connectivity index (χ4v) is 0.975. The average Bonchev–Trinajstić information content (AvgIpc) is 2.12. The third-order valence-corrected chi connectivity index (χ3v) is 2.25. The molecule has 1 rings (SSSR count).